The molecule has 28 heavy (non-hydrogen) atoms. The van der Waals surface area contributed by atoms with Crippen molar-refractivity contribution in [3.63, 3.8) is 0 Å². The number of aromatic amines is 1. The Morgan fingerprint density at radius 1 is 1.21 bits per heavy atom. The van der Waals surface area contributed by atoms with Crippen LogP contribution >= 0.6 is 12.2 Å². The first kappa shape index (κ1) is 18.1. The third-order valence-electron chi connectivity index (χ3n) is 7.71. The molecule has 1 aromatic carbocycles. The number of rotatable bonds is 3. The number of nitrogens with zero attached hydrogens (tertiary/aromatic N) is 1. The van der Waals surface area contributed by atoms with Crippen LogP contribution in [-0.2, 0) is 7.05 Å². The predicted molar refractivity (Wildman–Crippen MR) is 112 cm³/mol. The van der Waals surface area contributed by atoms with E-state index in [1.807, 2.05) is 0 Å². The molecule has 2 aromatic rings. The second kappa shape index (κ2) is 6.28. The van der Waals surface area contributed by atoms with Crippen molar-refractivity contribution in [1.82, 2.24) is 14.9 Å². The van der Waals surface area contributed by atoms with E-state index in [0.717, 1.165) is 17.8 Å². The number of hydrogen-bond donors (Lipinski definition) is 2. The average molecular weight is 398 g/mol. The standard InChI is InChI=1S/C22H27N3O2S/c1-12(22-9-13-5-14(10-22)7-15(6-13)11-22)23-19(26)16-3-4-17-18(8-16)24-21(28)25(2)20(17)27/h3-4,8,12-15H,5-7,9-11H2,1-2H3,(H,23,26)(H,24,28). The third kappa shape index (κ3) is 2.76. The van der Waals surface area contributed by atoms with Gasteiger partial charge in [-0.3, -0.25) is 14.2 Å². The van der Waals surface area contributed by atoms with Crippen LogP contribution < -0.4 is 10.9 Å². The van der Waals surface area contributed by atoms with Crippen LogP contribution in [0.1, 0.15) is 55.8 Å². The van der Waals surface area contributed by atoms with Crippen LogP contribution in [0.5, 0.6) is 0 Å². The summed E-state index contributed by atoms with van der Waals surface area (Å²) in [6.45, 7) is 2.19. The van der Waals surface area contributed by atoms with Gasteiger partial charge in [-0.1, -0.05) is 0 Å². The maximum atomic E-state index is 13.0. The molecular weight excluding hydrogens is 370 g/mol. The van der Waals surface area contributed by atoms with Crippen LogP contribution in [0.3, 0.4) is 0 Å². The first-order valence-electron chi connectivity index (χ1n) is 10.4. The number of carbonyl (C=O) groups excluding carboxylic acids is 1. The molecule has 5 nitrogen and oxygen atoms in total. The first-order chi connectivity index (χ1) is 13.3. The summed E-state index contributed by atoms with van der Waals surface area (Å²) in [6.07, 6.45) is 8.00. The predicted octanol–water partition coefficient (Wildman–Crippen LogP) is 3.93. The van der Waals surface area contributed by atoms with E-state index >= 15 is 0 Å². The van der Waals surface area contributed by atoms with Crippen molar-refractivity contribution >= 4 is 29.0 Å². The zero-order chi connectivity index (χ0) is 19.6. The van der Waals surface area contributed by atoms with Crippen molar-refractivity contribution in [2.24, 2.45) is 30.2 Å². The van der Waals surface area contributed by atoms with E-state index in [1.54, 1.807) is 25.2 Å². The van der Waals surface area contributed by atoms with Gasteiger partial charge >= 0.3 is 0 Å². The van der Waals surface area contributed by atoms with Gasteiger partial charge in [0.2, 0.25) is 0 Å². The lowest BCUT2D eigenvalue weighted by molar-refractivity contribution is -0.0688. The molecule has 0 saturated heterocycles. The molecule has 0 aliphatic heterocycles. The van der Waals surface area contributed by atoms with Crippen LogP contribution in [0.25, 0.3) is 10.9 Å². The van der Waals surface area contributed by atoms with E-state index in [9.17, 15) is 9.59 Å². The van der Waals surface area contributed by atoms with Gasteiger partial charge in [0.05, 0.1) is 10.9 Å². The molecule has 1 aromatic heterocycles. The smallest absolute Gasteiger partial charge is 0.261 e. The number of hydrogen-bond acceptors (Lipinski definition) is 3. The zero-order valence-corrected chi connectivity index (χ0v) is 17.3. The second-order valence-corrected chi connectivity index (χ2v) is 9.92. The van der Waals surface area contributed by atoms with Gasteiger partial charge in [0.15, 0.2) is 4.77 Å². The highest BCUT2D eigenvalue weighted by atomic mass is 32.1. The van der Waals surface area contributed by atoms with Gasteiger partial charge in [-0.15, -0.1) is 0 Å². The van der Waals surface area contributed by atoms with Crippen LogP contribution in [-0.4, -0.2) is 21.5 Å². The molecule has 4 aliphatic carbocycles. The number of nitrogens with one attached hydrogen (secondary N) is 2. The first-order valence-corrected chi connectivity index (χ1v) is 10.8. The molecule has 1 heterocycles. The molecule has 148 valence electrons. The molecule has 2 N–H and O–H groups in total. The summed E-state index contributed by atoms with van der Waals surface area (Å²) in [6, 6.07) is 5.37. The maximum absolute atomic E-state index is 13.0. The zero-order valence-electron chi connectivity index (χ0n) is 16.5. The molecule has 4 fully saturated rings. The van der Waals surface area contributed by atoms with E-state index in [1.165, 1.54) is 43.1 Å². The lowest BCUT2D eigenvalue weighted by Crippen LogP contribution is -2.55. The maximum Gasteiger partial charge on any atom is 0.261 e. The van der Waals surface area contributed by atoms with Crippen molar-refractivity contribution in [1.29, 1.82) is 0 Å². The Hall–Kier alpha value is -1.95. The molecule has 4 saturated carbocycles. The van der Waals surface area contributed by atoms with Crippen molar-refractivity contribution in [2.75, 3.05) is 0 Å². The molecule has 4 bridgehead atoms. The molecule has 6 heteroatoms. The van der Waals surface area contributed by atoms with Gasteiger partial charge in [0, 0.05) is 18.7 Å². The quantitative estimate of drug-likeness (QED) is 0.771. The van der Waals surface area contributed by atoms with Gasteiger partial charge in [0.25, 0.3) is 11.5 Å². The molecule has 0 spiro atoms. The highest BCUT2D eigenvalue weighted by Crippen LogP contribution is 2.61. The number of fused-ring (bicyclic) bond motifs is 1. The summed E-state index contributed by atoms with van der Waals surface area (Å²) in [5.74, 6) is 2.53. The van der Waals surface area contributed by atoms with Crippen molar-refractivity contribution in [3.05, 3.63) is 38.9 Å². The Labute approximate surface area is 169 Å². The van der Waals surface area contributed by atoms with Crippen molar-refractivity contribution in [2.45, 2.75) is 51.5 Å². The number of carbonyl (C=O) groups is 1. The Balaban J connectivity index is 1.40. The summed E-state index contributed by atoms with van der Waals surface area (Å²) in [5, 5.41) is 3.84. The SMILES string of the molecule is CC(NC(=O)c1ccc2c(=O)n(C)c(=S)[nH]c2c1)C12CC3CC(CC(C3)C1)C2. The molecule has 1 amide bonds. The Morgan fingerprint density at radius 2 is 1.82 bits per heavy atom. The van der Waals surface area contributed by atoms with E-state index < -0.39 is 0 Å². The largest absolute Gasteiger partial charge is 0.349 e. The lowest BCUT2D eigenvalue weighted by atomic mass is 9.48. The molecular formula is C22H27N3O2S. The van der Waals surface area contributed by atoms with E-state index in [2.05, 4.69) is 17.2 Å². The Morgan fingerprint density at radius 3 is 2.43 bits per heavy atom. The van der Waals surface area contributed by atoms with Crippen molar-refractivity contribution in [3.8, 4) is 0 Å². The molecule has 1 unspecified atom stereocenters. The molecule has 6 rings (SSSR count). The molecule has 0 radical (unpaired) electrons. The Kier molecular flexibility index (Phi) is 4.06. The summed E-state index contributed by atoms with van der Waals surface area (Å²) in [5.41, 5.74) is 1.32. The molecule has 1 atom stereocenters. The summed E-state index contributed by atoms with van der Waals surface area (Å²) in [7, 11) is 1.65. The van der Waals surface area contributed by atoms with E-state index in [-0.39, 0.29) is 22.9 Å². The number of amides is 1. The van der Waals surface area contributed by atoms with Crippen molar-refractivity contribution < 1.29 is 4.79 Å². The minimum absolute atomic E-state index is 0.0647. The fourth-order valence-electron chi connectivity index (χ4n) is 6.59. The number of benzene rings is 1. The highest BCUT2D eigenvalue weighted by molar-refractivity contribution is 7.71. The van der Waals surface area contributed by atoms with Gasteiger partial charge < -0.3 is 10.3 Å². The average Bonchev–Trinajstić information content (AvgIpc) is 2.64. The number of H-pyrrole nitrogens is 1. The molecule has 4 aliphatic rings. The normalized spacial score (nSPS) is 31.9. The van der Waals surface area contributed by atoms with Gasteiger partial charge in [-0.25, -0.2) is 0 Å². The van der Waals surface area contributed by atoms with Gasteiger partial charge in [0.1, 0.15) is 0 Å². The monoisotopic (exact) mass is 397 g/mol. The fraction of sp³-hybridized carbons (Fsp3) is 0.591. The fourth-order valence-corrected chi connectivity index (χ4v) is 6.78. The minimum Gasteiger partial charge on any atom is -0.349 e. The van der Waals surface area contributed by atoms with Gasteiger partial charge in [-0.05, 0) is 99.0 Å². The van der Waals surface area contributed by atoms with E-state index in [4.69, 9.17) is 12.2 Å². The van der Waals surface area contributed by atoms with E-state index in [0.29, 0.717) is 21.2 Å². The second-order valence-electron chi connectivity index (χ2n) is 9.53. The van der Waals surface area contributed by atoms with Crippen LogP contribution in [0, 0.1) is 27.9 Å². The number of aromatic nitrogens is 2. The lowest BCUT2D eigenvalue weighted by Gasteiger charge is -2.59. The van der Waals surface area contributed by atoms with Crippen LogP contribution in [0.15, 0.2) is 23.0 Å². The summed E-state index contributed by atoms with van der Waals surface area (Å²) in [4.78, 5) is 28.4. The topological polar surface area (TPSA) is 66.9 Å². The Bertz CT molecular complexity index is 1050. The third-order valence-corrected chi connectivity index (χ3v) is 8.09. The van der Waals surface area contributed by atoms with Crippen LogP contribution in [0.4, 0.5) is 0 Å². The van der Waals surface area contributed by atoms with Crippen LogP contribution in [0.2, 0.25) is 0 Å². The van der Waals surface area contributed by atoms with Gasteiger partial charge in [-0.2, -0.15) is 0 Å². The summed E-state index contributed by atoms with van der Waals surface area (Å²) >= 11 is 5.20. The summed E-state index contributed by atoms with van der Waals surface area (Å²) < 4.78 is 1.77. The minimum atomic E-state index is -0.146. The highest BCUT2D eigenvalue weighted by Gasteiger charge is 2.53.